The van der Waals surface area contributed by atoms with Crippen LogP contribution in [-0.4, -0.2) is 30.6 Å². The maximum Gasteiger partial charge on any atom is 0.337 e. The summed E-state index contributed by atoms with van der Waals surface area (Å²) in [5, 5.41) is 3.63. The molecule has 0 radical (unpaired) electrons. The predicted molar refractivity (Wildman–Crippen MR) is 85.7 cm³/mol. The minimum absolute atomic E-state index is 0.277. The van der Waals surface area contributed by atoms with Gasteiger partial charge in [-0.1, -0.05) is 19.9 Å². The number of hydrogen-bond acceptors (Lipinski definition) is 4. The van der Waals surface area contributed by atoms with Crippen LogP contribution in [0.25, 0.3) is 0 Å². The SMILES string of the molecule is COC(=O)c1ccc(C)c(NC2CSCCC2(C)C)c1. The molecule has 0 bridgehead atoms. The van der Waals surface area contributed by atoms with Crippen molar-refractivity contribution in [2.75, 3.05) is 23.9 Å². The van der Waals surface area contributed by atoms with Gasteiger partial charge in [-0.25, -0.2) is 4.79 Å². The van der Waals surface area contributed by atoms with E-state index in [1.165, 1.54) is 19.3 Å². The van der Waals surface area contributed by atoms with E-state index in [0.29, 0.717) is 11.6 Å². The molecule has 0 spiro atoms. The molecule has 0 aromatic heterocycles. The second-order valence-corrected chi connectivity index (χ2v) is 7.18. The standard InChI is InChI=1S/C16H23NO2S/c1-11-5-6-12(15(18)19-4)9-13(11)17-14-10-20-8-7-16(14,2)3/h5-6,9,14,17H,7-8,10H2,1-4H3. The lowest BCUT2D eigenvalue weighted by molar-refractivity contribution is 0.0601. The zero-order valence-corrected chi connectivity index (χ0v) is 13.5. The Hall–Kier alpha value is -1.16. The van der Waals surface area contributed by atoms with Crippen LogP contribution < -0.4 is 5.32 Å². The Balaban J connectivity index is 2.21. The molecule has 110 valence electrons. The molecule has 20 heavy (non-hydrogen) atoms. The van der Waals surface area contributed by atoms with Gasteiger partial charge in [0.2, 0.25) is 0 Å². The summed E-state index contributed by atoms with van der Waals surface area (Å²) >= 11 is 1.99. The molecule has 1 aromatic rings. The average molecular weight is 293 g/mol. The van der Waals surface area contributed by atoms with E-state index >= 15 is 0 Å². The summed E-state index contributed by atoms with van der Waals surface area (Å²) in [5.41, 5.74) is 3.07. The summed E-state index contributed by atoms with van der Waals surface area (Å²) in [7, 11) is 1.41. The number of thioether (sulfide) groups is 1. The number of benzene rings is 1. The maximum atomic E-state index is 11.6. The van der Waals surface area contributed by atoms with Gasteiger partial charge in [0.25, 0.3) is 0 Å². The van der Waals surface area contributed by atoms with E-state index in [2.05, 4.69) is 26.1 Å². The first-order valence-electron chi connectivity index (χ1n) is 6.97. The Morgan fingerprint density at radius 2 is 2.20 bits per heavy atom. The normalized spacial score (nSPS) is 21.3. The summed E-state index contributed by atoms with van der Waals surface area (Å²) in [6.07, 6.45) is 1.21. The molecule has 2 rings (SSSR count). The van der Waals surface area contributed by atoms with Crippen LogP contribution in [0.5, 0.6) is 0 Å². The van der Waals surface area contributed by atoms with Crippen molar-refractivity contribution in [1.82, 2.24) is 0 Å². The summed E-state index contributed by atoms with van der Waals surface area (Å²) in [5.74, 6) is 2.05. The highest BCUT2D eigenvalue weighted by Gasteiger charge is 2.32. The van der Waals surface area contributed by atoms with Crippen molar-refractivity contribution in [3.63, 3.8) is 0 Å². The molecule has 0 amide bonds. The van der Waals surface area contributed by atoms with Crippen molar-refractivity contribution in [3.8, 4) is 0 Å². The van der Waals surface area contributed by atoms with Crippen LogP contribution in [0.3, 0.4) is 0 Å². The van der Waals surface area contributed by atoms with Crippen LogP contribution in [-0.2, 0) is 4.74 Å². The molecule has 1 aliphatic rings. The number of rotatable bonds is 3. The number of anilines is 1. The highest BCUT2D eigenvalue weighted by atomic mass is 32.2. The van der Waals surface area contributed by atoms with E-state index in [9.17, 15) is 4.79 Å². The molecule has 1 heterocycles. The van der Waals surface area contributed by atoms with Gasteiger partial charge >= 0.3 is 5.97 Å². The maximum absolute atomic E-state index is 11.6. The van der Waals surface area contributed by atoms with Crippen LogP contribution in [0.1, 0.15) is 36.2 Å². The number of methoxy groups -OCH3 is 1. The van der Waals surface area contributed by atoms with Crippen molar-refractivity contribution in [2.24, 2.45) is 5.41 Å². The second kappa shape index (κ2) is 6.08. The summed E-state index contributed by atoms with van der Waals surface area (Å²) in [6, 6.07) is 6.11. The number of hydrogen-bond donors (Lipinski definition) is 1. The largest absolute Gasteiger partial charge is 0.465 e. The number of carbonyl (C=O) groups is 1. The molecular weight excluding hydrogens is 270 g/mol. The Labute approximate surface area is 125 Å². The lowest BCUT2D eigenvalue weighted by Gasteiger charge is -2.39. The summed E-state index contributed by atoms with van der Waals surface area (Å²) in [4.78, 5) is 11.6. The summed E-state index contributed by atoms with van der Waals surface area (Å²) < 4.78 is 4.79. The van der Waals surface area contributed by atoms with Crippen molar-refractivity contribution in [2.45, 2.75) is 33.2 Å². The van der Waals surface area contributed by atoms with Gasteiger partial charge in [0, 0.05) is 17.5 Å². The fourth-order valence-corrected chi connectivity index (χ4v) is 3.99. The molecule has 1 aliphatic heterocycles. The van der Waals surface area contributed by atoms with E-state index in [0.717, 1.165) is 17.0 Å². The van der Waals surface area contributed by atoms with Gasteiger partial charge in [0.05, 0.1) is 12.7 Å². The first kappa shape index (κ1) is 15.2. The molecular formula is C16H23NO2S. The number of aryl methyl sites for hydroxylation is 1. The van der Waals surface area contributed by atoms with Crippen LogP contribution >= 0.6 is 11.8 Å². The van der Waals surface area contributed by atoms with Gasteiger partial charge < -0.3 is 10.1 Å². The van der Waals surface area contributed by atoms with Crippen LogP contribution in [0.4, 0.5) is 5.69 Å². The Bertz CT molecular complexity index is 499. The van der Waals surface area contributed by atoms with Gasteiger partial charge in [-0.2, -0.15) is 11.8 Å². The van der Waals surface area contributed by atoms with E-state index in [1.54, 1.807) is 0 Å². The zero-order valence-electron chi connectivity index (χ0n) is 12.7. The highest BCUT2D eigenvalue weighted by molar-refractivity contribution is 7.99. The average Bonchev–Trinajstić information content (AvgIpc) is 2.42. The third-order valence-electron chi connectivity index (χ3n) is 4.11. The number of ether oxygens (including phenoxy) is 1. The van der Waals surface area contributed by atoms with Crippen LogP contribution in [0.2, 0.25) is 0 Å². The smallest absolute Gasteiger partial charge is 0.337 e. The molecule has 1 atom stereocenters. The monoisotopic (exact) mass is 293 g/mol. The van der Waals surface area contributed by atoms with Crippen molar-refractivity contribution in [1.29, 1.82) is 0 Å². The fourth-order valence-electron chi connectivity index (χ4n) is 2.38. The minimum atomic E-state index is -0.287. The van der Waals surface area contributed by atoms with Crippen molar-refractivity contribution in [3.05, 3.63) is 29.3 Å². The molecule has 1 fully saturated rings. The molecule has 4 heteroatoms. The predicted octanol–water partition coefficient (Wildman–Crippen LogP) is 3.73. The number of esters is 1. The second-order valence-electron chi connectivity index (χ2n) is 6.03. The third-order valence-corrected chi connectivity index (χ3v) is 5.17. The molecule has 0 saturated carbocycles. The molecule has 1 N–H and O–H groups in total. The fraction of sp³-hybridized carbons (Fsp3) is 0.562. The third kappa shape index (κ3) is 3.29. The van der Waals surface area contributed by atoms with Gasteiger partial charge in [-0.15, -0.1) is 0 Å². The van der Waals surface area contributed by atoms with Crippen molar-refractivity contribution < 1.29 is 9.53 Å². The van der Waals surface area contributed by atoms with E-state index < -0.39 is 0 Å². The van der Waals surface area contributed by atoms with Crippen LogP contribution in [0, 0.1) is 12.3 Å². The molecule has 3 nitrogen and oxygen atoms in total. The Morgan fingerprint density at radius 1 is 1.45 bits per heavy atom. The zero-order chi connectivity index (χ0) is 14.8. The molecule has 1 unspecified atom stereocenters. The summed E-state index contributed by atoms with van der Waals surface area (Å²) in [6.45, 7) is 6.68. The van der Waals surface area contributed by atoms with E-state index in [1.807, 2.05) is 30.0 Å². The van der Waals surface area contributed by atoms with E-state index in [4.69, 9.17) is 4.74 Å². The first-order valence-corrected chi connectivity index (χ1v) is 8.13. The molecule has 1 saturated heterocycles. The Morgan fingerprint density at radius 3 is 2.85 bits per heavy atom. The van der Waals surface area contributed by atoms with Crippen molar-refractivity contribution >= 4 is 23.4 Å². The minimum Gasteiger partial charge on any atom is -0.465 e. The lowest BCUT2D eigenvalue weighted by Crippen LogP contribution is -2.41. The lowest BCUT2D eigenvalue weighted by atomic mass is 9.82. The topological polar surface area (TPSA) is 38.3 Å². The number of carbonyl (C=O) groups excluding carboxylic acids is 1. The number of nitrogens with one attached hydrogen (secondary N) is 1. The quantitative estimate of drug-likeness (QED) is 0.862. The van der Waals surface area contributed by atoms with Gasteiger partial charge in [-0.3, -0.25) is 0 Å². The van der Waals surface area contributed by atoms with Gasteiger partial charge in [-0.05, 0) is 42.2 Å². The highest BCUT2D eigenvalue weighted by Crippen LogP contribution is 2.36. The van der Waals surface area contributed by atoms with Gasteiger partial charge in [0.15, 0.2) is 0 Å². The molecule has 1 aromatic carbocycles. The Kier molecular flexibility index (Phi) is 4.63. The van der Waals surface area contributed by atoms with Gasteiger partial charge in [0.1, 0.15) is 0 Å². The van der Waals surface area contributed by atoms with Crippen LogP contribution in [0.15, 0.2) is 18.2 Å². The first-order chi connectivity index (χ1) is 9.44. The molecule has 0 aliphatic carbocycles. The van der Waals surface area contributed by atoms with E-state index in [-0.39, 0.29) is 11.4 Å².